The van der Waals surface area contributed by atoms with Crippen LogP contribution in [0.25, 0.3) is 0 Å². The molecule has 2 aliphatic rings. The molecule has 2 fully saturated rings. The summed E-state index contributed by atoms with van der Waals surface area (Å²) in [6.07, 6.45) is 6.85. The molecule has 0 atom stereocenters. The highest BCUT2D eigenvalue weighted by molar-refractivity contribution is 7.86. The molecule has 138 valence electrons. The summed E-state index contributed by atoms with van der Waals surface area (Å²) in [6, 6.07) is 5.33. The number of pyridine rings is 1. The molecule has 1 aliphatic heterocycles. The predicted molar refractivity (Wildman–Crippen MR) is 95.3 cm³/mol. The fraction of sp³-hybridized carbons (Fsp3) is 0.647. The van der Waals surface area contributed by atoms with Gasteiger partial charge in [-0.3, -0.25) is 9.78 Å². The van der Waals surface area contributed by atoms with Gasteiger partial charge in [0.1, 0.15) is 5.69 Å². The standard InChI is InChI=1S/C17H26N4O3S/c1-19(15-7-3-2-4-8-15)25(23,24)21-13-11-20(12-14-21)17(22)16-9-5-6-10-18-16/h5-6,9-10,15H,2-4,7-8,11-14H2,1H3. The van der Waals surface area contributed by atoms with Crippen LogP contribution < -0.4 is 0 Å². The Balaban J connectivity index is 1.60. The molecule has 25 heavy (non-hydrogen) atoms. The first-order valence-electron chi connectivity index (χ1n) is 8.93. The molecule has 0 spiro atoms. The minimum atomic E-state index is -3.46. The average molecular weight is 366 g/mol. The van der Waals surface area contributed by atoms with Crippen molar-refractivity contribution in [1.82, 2.24) is 18.5 Å². The third-order valence-electron chi connectivity index (χ3n) is 5.19. The number of hydrogen-bond acceptors (Lipinski definition) is 4. The smallest absolute Gasteiger partial charge is 0.282 e. The van der Waals surface area contributed by atoms with Gasteiger partial charge in [0.05, 0.1) is 0 Å². The highest BCUT2D eigenvalue weighted by Gasteiger charge is 2.35. The van der Waals surface area contributed by atoms with Crippen LogP contribution in [0.15, 0.2) is 24.4 Å². The summed E-state index contributed by atoms with van der Waals surface area (Å²) in [5.74, 6) is -0.140. The second-order valence-electron chi connectivity index (χ2n) is 6.72. The Bertz CT molecular complexity index is 681. The van der Waals surface area contributed by atoms with Gasteiger partial charge in [0, 0.05) is 45.5 Å². The number of carbonyl (C=O) groups is 1. The van der Waals surface area contributed by atoms with Crippen LogP contribution in [0.1, 0.15) is 42.6 Å². The van der Waals surface area contributed by atoms with E-state index in [0.29, 0.717) is 31.9 Å². The Labute approximate surface area is 149 Å². The van der Waals surface area contributed by atoms with Crippen LogP contribution in [0.3, 0.4) is 0 Å². The van der Waals surface area contributed by atoms with Crippen molar-refractivity contribution in [3.63, 3.8) is 0 Å². The molecule has 3 rings (SSSR count). The van der Waals surface area contributed by atoms with Gasteiger partial charge in [-0.15, -0.1) is 0 Å². The first-order valence-corrected chi connectivity index (χ1v) is 10.3. The van der Waals surface area contributed by atoms with E-state index in [1.54, 1.807) is 40.6 Å². The molecule has 0 N–H and O–H groups in total. The van der Waals surface area contributed by atoms with Gasteiger partial charge in [0.25, 0.3) is 16.1 Å². The van der Waals surface area contributed by atoms with E-state index >= 15 is 0 Å². The highest BCUT2D eigenvalue weighted by Crippen LogP contribution is 2.25. The van der Waals surface area contributed by atoms with Crippen molar-refractivity contribution in [2.24, 2.45) is 0 Å². The minimum Gasteiger partial charge on any atom is -0.335 e. The quantitative estimate of drug-likeness (QED) is 0.806. The molecule has 8 heteroatoms. The molecular weight excluding hydrogens is 340 g/mol. The topological polar surface area (TPSA) is 73.8 Å². The number of aromatic nitrogens is 1. The Morgan fingerprint density at radius 2 is 1.80 bits per heavy atom. The van der Waals surface area contributed by atoms with Gasteiger partial charge in [0.15, 0.2) is 0 Å². The van der Waals surface area contributed by atoms with Crippen molar-refractivity contribution in [2.45, 2.75) is 38.1 Å². The summed E-state index contributed by atoms with van der Waals surface area (Å²) in [5, 5.41) is 0. The Morgan fingerprint density at radius 1 is 1.12 bits per heavy atom. The van der Waals surface area contributed by atoms with Crippen LogP contribution in [0.5, 0.6) is 0 Å². The van der Waals surface area contributed by atoms with Crippen LogP contribution >= 0.6 is 0 Å². The molecule has 1 aliphatic carbocycles. The molecule has 1 aromatic heterocycles. The van der Waals surface area contributed by atoms with Crippen LogP contribution in [0.2, 0.25) is 0 Å². The van der Waals surface area contributed by atoms with Gasteiger partial charge < -0.3 is 4.90 Å². The molecule has 1 saturated heterocycles. The predicted octanol–water partition coefficient (Wildman–Crippen LogP) is 1.35. The lowest BCUT2D eigenvalue weighted by molar-refractivity contribution is 0.0687. The molecule has 7 nitrogen and oxygen atoms in total. The number of rotatable bonds is 4. The van der Waals surface area contributed by atoms with E-state index in [2.05, 4.69) is 4.98 Å². The normalized spacial score (nSPS) is 20.8. The van der Waals surface area contributed by atoms with E-state index in [9.17, 15) is 13.2 Å². The van der Waals surface area contributed by atoms with Gasteiger partial charge in [-0.1, -0.05) is 25.3 Å². The second kappa shape index (κ2) is 7.80. The molecular formula is C17H26N4O3S. The second-order valence-corrected chi connectivity index (χ2v) is 8.71. The maximum atomic E-state index is 12.9. The number of piperazine rings is 1. The largest absolute Gasteiger partial charge is 0.335 e. The van der Waals surface area contributed by atoms with Crippen LogP contribution in [-0.4, -0.2) is 72.1 Å². The fourth-order valence-electron chi connectivity index (χ4n) is 3.59. The van der Waals surface area contributed by atoms with Crippen molar-refractivity contribution in [3.05, 3.63) is 30.1 Å². The van der Waals surface area contributed by atoms with E-state index in [1.165, 1.54) is 10.7 Å². The third kappa shape index (κ3) is 4.02. The SMILES string of the molecule is CN(C1CCCCC1)S(=O)(=O)N1CCN(C(=O)c2ccccn2)CC1. The molecule has 1 amide bonds. The maximum Gasteiger partial charge on any atom is 0.282 e. The molecule has 1 saturated carbocycles. The Hall–Kier alpha value is -1.51. The number of amides is 1. The monoisotopic (exact) mass is 366 g/mol. The summed E-state index contributed by atoms with van der Waals surface area (Å²) in [5.41, 5.74) is 0.401. The fourth-order valence-corrected chi connectivity index (χ4v) is 5.16. The van der Waals surface area contributed by atoms with Gasteiger partial charge in [0.2, 0.25) is 0 Å². The minimum absolute atomic E-state index is 0.104. The van der Waals surface area contributed by atoms with Crippen LogP contribution in [-0.2, 0) is 10.2 Å². The molecule has 1 aromatic rings. The maximum absolute atomic E-state index is 12.9. The van der Waals surface area contributed by atoms with Crippen molar-refractivity contribution >= 4 is 16.1 Å². The van der Waals surface area contributed by atoms with Crippen LogP contribution in [0.4, 0.5) is 0 Å². The molecule has 0 unspecified atom stereocenters. The zero-order valence-electron chi connectivity index (χ0n) is 14.7. The average Bonchev–Trinajstić information content (AvgIpc) is 2.68. The Morgan fingerprint density at radius 3 is 2.40 bits per heavy atom. The van der Waals surface area contributed by atoms with E-state index in [-0.39, 0.29) is 11.9 Å². The Kier molecular flexibility index (Phi) is 5.71. The lowest BCUT2D eigenvalue weighted by Gasteiger charge is -2.38. The van der Waals surface area contributed by atoms with Crippen molar-refractivity contribution in [2.75, 3.05) is 33.2 Å². The number of carbonyl (C=O) groups excluding carboxylic acids is 1. The molecule has 0 radical (unpaired) electrons. The summed E-state index contributed by atoms with van der Waals surface area (Å²) in [4.78, 5) is 18.2. The van der Waals surface area contributed by atoms with Gasteiger partial charge in [-0.25, -0.2) is 0 Å². The third-order valence-corrected chi connectivity index (χ3v) is 7.23. The first-order chi connectivity index (χ1) is 12.0. The van der Waals surface area contributed by atoms with Gasteiger partial charge in [-0.05, 0) is 25.0 Å². The van der Waals surface area contributed by atoms with E-state index in [4.69, 9.17) is 0 Å². The molecule has 0 aromatic carbocycles. The summed E-state index contributed by atoms with van der Waals surface area (Å²) < 4.78 is 28.8. The lowest BCUT2D eigenvalue weighted by atomic mass is 9.96. The van der Waals surface area contributed by atoms with Crippen LogP contribution in [0, 0.1) is 0 Å². The molecule has 2 heterocycles. The van der Waals surface area contributed by atoms with E-state index in [0.717, 1.165) is 25.7 Å². The van der Waals surface area contributed by atoms with Crippen molar-refractivity contribution in [3.8, 4) is 0 Å². The lowest BCUT2D eigenvalue weighted by Crippen LogP contribution is -2.55. The highest BCUT2D eigenvalue weighted by atomic mass is 32.2. The zero-order chi connectivity index (χ0) is 17.9. The number of hydrogen-bond donors (Lipinski definition) is 0. The van der Waals surface area contributed by atoms with Gasteiger partial charge >= 0.3 is 0 Å². The molecule has 0 bridgehead atoms. The first kappa shape index (κ1) is 18.3. The summed E-state index contributed by atoms with van der Waals surface area (Å²) in [7, 11) is -1.77. The van der Waals surface area contributed by atoms with Crippen molar-refractivity contribution in [1.29, 1.82) is 0 Å². The number of nitrogens with zero attached hydrogens (tertiary/aromatic N) is 4. The van der Waals surface area contributed by atoms with Gasteiger partial charge in [-0.2, -0.15) is 17.0 Å². The van der Waals surface area contributed by atoms with E-state index in [1.807, 2.05) is 0 Å². The zero-order valence-corrected chi connectivity index (χ0v) is 15.5. The van der Waals surface area contributed by atoms with E-state index < -0.39 is 10.2 Å². The summed E-state index contributed by atoms with van der Waals surface area (Å²) >= 11 is 0. The van der Waals surface area contributed by atoms with Crippen molar-refractivity contribution < 1.29 is 13.2 Å². The summed E-state index contributed by atoms with van der Waals surface area (Å²) in [6.45, 7) is 1.45.